The second-order valence-electron chi connectivity index (χ2n) is 7.94. The maximum atomic E-state index is 12.3. The van der Waals surface area contributed by atoms with Gasteiger partial charge in [0.1, 0.15) is 12.9 Å². The fourth-order valence-corrected chi connectivity index (χ4v) is 3.33. The van der Waals surface area contributed by atoms with Gasteiger partial charge in [-0.05, 0) is 51.2 Å². The number of piperidine rings is 1. The van der Waals surface area contributed by atoms with Crippen molar-refractivity contribution < 1.29 is 18.3 Å². The molecule has 1 saturated heterocycles. The highest BCUT2D eigenvalue weighted by atomic mass is 19.3. The second kappa shape index (κ2) is 17.5. The maximum absolute atomic E-state index is 12.3. The molecule has 0 aliphatic carbocycles. The number of hydrogen-bond donors (Lipinski definition) is 1. The summed E-state index contributed by atoms with van der Waals surface area (Å²) in [5.41, 5.74) is 5.09. The van der Waals surface area contributed by atoms with Gasteiger partial charge in [0.25, 0.3) is 6.43 Å². The molecular formula is C26H39F2N5O2. The first-order valence-electron chi connectivity index (χ1n) is 11.9. The summed E-state index contributed by atoms with van der Waals surface area (Å²) in [6.07, 6.45) is 1.44. The third-order valence-corrected chi connectivity index (χ3v) is 5.30. The number of benzene rings is 1. The quantitative estimate of drug-likeness (QED) is 0.224. The molecule has 0 amide bonds. The van der Waals surface area contributed by atoms with Crippen molar-refractivity contribution in [2.45, 2.75) is 45.9 Å². The second-order valence-corrected chi connectivity index (χ2v) is 7.94. The van der Waals surface area contributed by atoms with Crippen LogP contribution in [-0.4, -0.2) is 63.1 Å². The minimum atomic E-state index is -2.55. The van der Waals surface area contributed by atoms with Crippen LogP contribution in [0, 0.1) is 5.92 Å². The van der Waals surface area contributed by atoms with E-state index in [0.29, 0.717) is 18.0 Å². The van der Waals surface area contributed by atoms with Gasteiger partial charge in [-0.25, -0.2) is 8.78 Å². The van der Waals surface area contributed by atoms with Crippen LogP contribution < -0.4 is 10.3 Å². The first-order valence-corrected chi connectivity index (χ1v) is 11.9. The number of rotatable bonds is 10. The molecule has 0 radical (unpaired) electrons. The van der Waals surface area contributed by atoms with Gasteiger partial charge in [0, 0.05) is 37.1 Å². The van der Waals surface area contributed by atoms with Gasteiger partial charge in [0.15, 0.2) is 6.23 Å². The monoisotopic (exact) mass is 491 g/mol. The number of para-hydroxylation sites is 1. The van der Waals surface area contributed by atoms with Crippen molar-refractivity contribution in [1.29, 1.82) is 0 Å². The first kappa shape index (κ1) is 30.1. The largest absolute Gasteiger partial charge is 0.369 e. The highest BCUT2D eigenvalue weighted by Gasteiger charge is 2.15. The third-order valence-electron chi connectivity index (χ3n) is 5.30. The predicted octanol–water partition coefficient (Wildman–Crippen LogP) is 4.76. The number of aromatic nitrogens is 1. The fourth-order valence-electron chi connectivity index (χ4n) is 3.33. The highest BCUT2D eigenvalue weighted by Crippen LogP contribution is 2.17. The van der Waals surface area contributed by atoms with Crippen molar-refractivity contribution in [3.63, 3.8) is 0 Å². The van der Waals surface area contributed by atoms with Crippen molar-refractivity contribution in [3.05, 3.63) is 59.9 Å². The molecule has 35 heavy (non-hydrogen) atoms. The van der Waals surface area contributed by atoms with Crippen LogP contribution in [-0.2, 0) is 16.1 Å². The predicted molar refractivity (Wildman–Crippen MR) is 138 cm³/mol. The topological polar surface area (TPSA) is 70.1 Å². The number of ether oxygens (including phenoxy) is 1. The van der Waals surface area contributed by atoms with Crippen LogP contribution in [0.4, 0.5) is 14.5 Å². The van der Waals surface area contributed by atoms with Gasteiger partial charge < -0.3 is 19.3 Å². The molecule has 9 heteroatoms. The number of nitrogens with zero attached hydrogens (tertiary/aromatic N) is 4. The third kappa shape index (κ3) is 11.9. The van der Waals surface area contributed by atoms with Crippen LogP contribution in [0.15, 0.2) is 53.8 Å². The average Bonchev–Trinajstić information content (AvgIpc) is 2.89. The van der Waals surface area contributed by atoms with E-state index in [4.69, 9.17) is 4.74 Å². The molecule has 1 N–H and O–H groups in total. The Morgan fingerprint density at radius 1 is 1.23 bits per heavy atom. The molecule has 2 aromatic rings. The number of alkyl halides is 2. The lowest BCUT2D eigenvalue weighted by Gasteiger charge is -2.25. The molecule has 1 aliphatic rings. The Kier molecular flexibility index (Phi) is 15.1. The zero-order valence-corrected chi connectivity index (χ0v) is 21.2. The Bertz CT molecular complexity index is 816. The molecule has 3 rings (SSSR count). The number of aldehydes is 1. The normalized spacial score (nSPS) is 14.6. The number of carbonyl (C=O) groups is 1. The lowest BCUT2D eigenvalue weighted by molar-refractivity contribution is -0.112. The molecule has 1 fully saturated rings. The minimum absolute atomic E-state index is 0.348. The van der Waals surface area contributed by atoms with Crippen LogP contribution in [0.1, 0.15) is 44.2 Å². The zero-order valence-electron chi connectivity index (χ0n) is 21.2. The van der Waals surface area contributed by atoms with Crippen molar-refractivity contribution in [2.75, 3.05) is 38.7 Å². The number of anilines is 1. The zero-order chi connectivity index (χ0) is 26.1. The molecule has 0 spiro atoms. The molecule has 1 aliphatic heterocycles. The summed E-state index contributed by atoms with van der Waals surface area (Å²) in [5, 5.41) is 3.49. The Morgan fingerprint density at radius 3 is 2.40 bits per heavy atom. The number of hydrazone groups is 1. The van der Waals surface area contributed by atoms with Gasteiger partial charge in [0.2, 0.25) is 0 Å². The summed E-state index contributed by atoms with van der Waals surface area (Å²) in [6, 6.07) is 13.5. The minimum Gasteiger partial charge on any atom is -0.369 e. The summed E-state index contributed by atoms with van der Waals surface area (Å²) >= 11 is 0. The number of carbonyl (C=O) groups excluding carboxylic acids is 1. The van der Waals surface area contributed by atoms with Gasteiger partial charge in [-0.3, -0.25) is 10.4 Å². The summed E-state index contributed by atoms with van der Waals surface area (Å²) in [6.45, 7) is 9.40. The SMILES string of the molecule is C=NNC(OCC(F)F)c1ccc(CN(C)c2ccccc2)nc1.CC.CN1CCC(C=O)CC1. The van der Waals surface area contributed by atoms with Gasteiger partial charge in [0.05, 0.1) is 12.2 Å². The van der Waals surface area contributed by atoms with E-state index in [1.54, 1.807) is 12.3 Å². The molecule has 0 saturated carbocycles. The van der Waals surface area contributed by atoms with Crippen LogP contribution in [0.5, 0.6) is 0 Å². The standard InChI is InChI=1S/C17H20F2N4O.C7H13NO.C2H6/c1-20-22-17(24-12-16(18)19)13-8-9-14(21-10-13)11-23(2)15-6-4-3-5-7-15;1-8-4-2-7(6-9)3-5-8;1-2/h3-10,16-17,22H,1,11-12H2,2H3;6-7H,2-5H2,1H3;1-2H3. The number of nitrogens with one attached hydrogen (secondary N) is 1. The van der Waals surface area contributed by atoms with Crippen LogP contribution in [0.3, 0.4) is 0 Å². The van der Waals surface area contributed by atoms with E-state index in [1.807, 2.05) is 57.3 Å². The molecule has 1 aromatic heterocycles. The van der Waals surface area contributed by atoms with E-state index < -0.39 is 19.3 Å². The van der Waals surface area contributed by atoms with Gasteiger partial charge in [-0.1, -0.05) is 38.1 Å². The Hall–Kier alpha value is -2.91. The first-order chi connectivity index (χ1) is 16.9. The fraction of sp³-hybridized carbons (Fsp3) is 0.500. The van der Waals surface area contributed by atoms with Crippen molar-refractivity contribution >= 4 is 18.7 Å². The molecule has 1 atom stereocenters. The van der Waals surface area contributed by atoms with E-state index in [-0.39, 0.29) is 0 Å². The number of halogens is 2. The van der Waals surface area contributed by atoms with E-state index in [9.17, 15) is 13.6 Å². The molecule has 194 valence electrons. The smallest absolute Gasteiger partial charge is 0.261 e. The molecule has 2 heterocycles. The Labute approximate surface area is 208 Å². The molecule has 1 aromatic carbocycles. The van der Waals surface area contributed by atoms with Crippen molar-refractivity contribution in [3.8, 4) is 0 Å². The Balaban J connectivity index is 0.000000464. The van der Waals surface area contributed by atoms with Crippen LogP contribution in [0.25, 0.3) is 0 Å². The van der Waals surface area contributed by atoms with Gasteiger partial charge in [-0.15, -0.1) is 0 Å². The van der Waals surface area contributed by atoms with Gasteiger partial charge >= 0.3 is 0 Å². The highest BCUT2D eigenvalue weighted by molar-refractivity contribution is 5.53. The number of pyridine rings is 1. The lowest BCUT2D eigenvalue weighted by Crippen LogP contribution is -2.30. The van der Waals surface area contributed by atoms with Crippen molar-refractivity contribution in [2.24, 2.45) is 11.0 Å². The van der Waals surface area contributed by atoms with Crippen LogP contribution >= 0.6 is 0 Å². The maximum Gasteiger partial charge on any atom is 0.261 e. The Morgan fingerprint density at radius 2 is 1.89 bits per heavy atom. The molecule has 7 nitrogen and oxygen atoms in total. The van der Waals surface area contributed by atoms with Crippen LogP contribution in [0.2, 0.25) is 0 Å². The van der Waals surface area contributed by atoms with E-state index in [2.05, 4.69) is 39.1 Å². The summed E-state index contributed by atoms with van der Waals surface area (Å²) < 4.78 is 29.7. The van der Waals surface area contributed by atoms with E-state index in [0.717, 1.165) is 43.6 Å². The number of hydrogen-bond acceptors (Lipinski definition) is 7. The molecule has 1 unspecified atom stereocenters. The lowest BCUT2D eigenvalue weighted by atomic mass is 9.99. The summed E-state index contributed by atoms with van der Waals surface area (Å²) in [5.74, 6) is 0.348. The summed E-state index contributed by atoms with van der Waals surface area (Å²) in [7, 11) is 4.07. The van der Waals surface area contributed by atoms with E-state index in [1.165, 1.54) is 0 Å². The number of likely N-dealkylation sites (tertiary alicyclic amines) is 1. The molecule has 0 bridgehead atoms. The summed E-state index contributed by atoms with van der Waals surface area (Å²) in [4.78, 5) is 18.9. The van der Waals surface area contributed by atoms with E-state index >= 15 is 0 Å². The average molecular weight is 492 g/mol. The molecular weight excluding hydrogens is 452 g/mol. The van der Waals surface area contributed by atoms with Gasteiger partial charge in [-0.2, -0.15) is 5.10 Å². The van der Waals surface area contributed by atoms with Crippen molar-refractivity contribution in [1.82, 2.24) is 15.3 Å².